The minimum absolute atomic E-state index is 0.170. The van der Waals surface area contributed by atoms with Gasteiger partial charge in [-0.15, -0.1) is 0 Å². The number of amides is 3. The zero-order chi connectivity index (χ0) is 20.1. The van der Waals surface area contributed by atoms with Gasteiger partial charge in [0.1, 0.15) is 0 Å². The molecule has 0 aromatic heterocycles. The van der Waals surface area contributed by atoms with E-state index in [0.29, 0.717) is 28.5 Å². The zero-order valence-corrected chi connectivity index (χ0v) is 16.4. The van der Waals surface area contributed by atoms with Gasteiger partial charge in [0.25, 0.3) is 11.8 Å². The largest absolute Gasteiger partial charge is 0.322 e. The van der Waals surface area contributed by atoms with Crippen molar-refractivity contribution in [2.24, 2.45) is 0 Å². The maximum atomic E-state index is 13.6. The van der Waals surface area contributed by atoms with Crippen LogP contribution in [0.15, 0.2) is 42.5 Å². The van der Waals surface area contributed by atoms with E-state index in [1.54, 1.807) is 42.5 Å². The van der Waals surface area contributed by atoms with Gasteiger partial charge >= 0.3 is 0 Å². The molecule has 0 spiro atoms. The van der Waals surface area contributed by atoms with Gasteiger partial charge in [-0.3, -0.25) is 19.3 Å². The van der Waals surface area contributed by atoms with Crippen LogP contribution in [0.25, 0.3) is 0 Å². The predicted molar refractivity (Wildman–Crippen MR) is 107 cm³/mol. The standard InChI is InChI=1S/C21H20ClN3O3/c1-3-24-19(27)14-7-4-5-10-17(14)25-18(26)11-12-21(24,25)20(28)23-16-9-6-8-15(22)13(16)2/h4-10H,3,11-12H2,1-2H3,(H,23,28). The summed E-state index contributed by atoms with van der Waals surface area (Å²) < 4.78 is 0. The number of para-hydroxylation sites is 1. The smallest absolute Gasteiger partial charge is 0.271 e. The monoisotopic (exact) mass is 397 g/mol. The minimum atomic E-state index is -1.38. The van der Waals surface area contributed by atoms with E-state index in [9.17, 15) is 14.4 Å². The van der Waals surface area contributed by atoms with Crippen LogP contribution < -0.4 is 10.2 Å². The molecule has 28 heavy (non-hydrogen) atoms. The summed E-state index contributed by atoms with van der Waals surface area (Å²) in [7, 11) is 0. The quantitative estimate of drug-likeness (QED) is 0.860. The van der Waals surface area contributed by atoms with E-state index in [-0.39, 0.29) is 24.7 Å². The van der Waals surface area contributed by atoms with E-state index in [1.165, 1.54) is 9.80 Å². The van der Waals surface area contributed by atoms with Crippen LogP contribution in [0.3, 0.4) is 0 Å². The third-order valence-electron chi connectivity index (χ3n) is 5.57. The number of benzene rings is 2. The lowest BCUT2D eigenvalue weighted by atomic mass is 9.95. The Bertz CT molecular complexity index is 1010. The first-order valence-corrected chi connectivity index (χ1v) is 9.60. The summed E-state index contributed by atoms with van der Waals surface area (Å²) >= 11 is 6.18. The van der Waals surface area contributed by atoms with Gasteiger partial charge in [0.15, 0.2) is 0 Å². The zero-order valence-electron chi connectivity index (χ0n) is 15.7. The molecular formula is C21H20ClN3O3. The molecule has 2 aromatic rings. The highest BCUT2D eigenvalue weighted by molar-refractivity contribution is 6.31. The average Bonchev–Trinajstić information content (AvgIpc) is 3.04. The highest BCUT2D eigenvalue weighted by Crippen LogP contribution is 2.45. The maximum absolute atomic E-state index is 13.6. The van der Waals surface area contributed by atoms with Crippen LogP contribution in [0.2, 0.25) is 5.02 Å². The highest BCUT2D eigenvalue weighted by atomic mass is 35.5. The van der Waals surface area contributed by atoms with Crippen LogP contribution in [0, 0.1) is 6.92 Å². The van der Waals surface area contributed by atoms with Crippen molar-refractivity contribution in [3.63, 3.8) is 0 Å². The highest BCUT2D eigenvalue weighted by Gasteiger charge is 2.60. The van der Waals surface area contributed by atoms with Gasteiger partial charge < -0.3 is 10.2 Å². The number of fused-ring (bicyclic) bond motifs is 3. The van der Waals surface area contributed by atoms with Gasteiger partial charge in [0.2, 0.25) is 11.6 Å². The summed E-state index contributed by atoms with van der Waals surface area (Å²) in [5.74, 6) is -0.827. The molecule has 0 radical (unpaired) electrons. The van der Waals surface area contributed by atoms with Gasteiger partial charge in [-0.2, -0.15) is 0 Å². The maximum Gasteiger partial charge on any atom is 0.271 e. The van der Waals surface area contributed by atoms with Crippen molar-refractivity contribution in [3.05, 3.63) is 58.6 Å². The summed E-state index contributed by atoms with van der Waals surface area (Å²) in [5.41, 5.74) is 0.829. The number of likely N-dealkylation sites (N-methyl/N-ethyl adjacent to an activating group) is 1. The molecule has 1 fully saturated rings. The predicted octanol–water partition coefficient (Wildman–Crippen LogP) is 3.59. The van der Waals surface area contributed by atoms with Gasteiger partial charge in [-0.25, -0.2) is 0 Å². The second kappa shape index (κ2) is 6.63. The fraction of sp³-hybridized carbons (Fsp3) is 0.286. The first kappa shape index (κ1) is 18.5. The summed E-state index contributed by atoms with van der Waals surface area (Å²) in [6.45, 7) is 3.93. The third kappa shape index (κ3) is 2.44. The normalized spacial score (nSPS) is 20.8. The van der Waals surface area contributed by atoms with Gasteiger partial charge in [-0.1, -0.05) is 29.8 Å². The minimum Gasteiger partial charge on any atom is -0.322 e. The number of nitrogens with one attached hydrogen (secondary N) is 1. The molecule has 0 bridgehead atoms. The Morgan fingerprint density at radius 1 is 1.18 bits per heavy atom. The molecule has 0 saturated carbocycles. The van der Waals surface area contributed by atoms with Crippen LogP contribution >= 0.6 is 11.6 Å². The Kier molecular flexibility index (Phi) is 4.38. The number of carbonyl (C=O) groups is 3. The first-order valence-electron chi connectivity index (χ1n) is 9.22. The Morgan fingerprint density at radius 2 is 1.93 bits per heavy atom. The van der Waals surface area contributed by atoms with Crippen LogP contribution in [0.1, 0.15) is 35.7 Å². The Balaban J connectivity index is 1.85. The van der Waals surface area contributed by atoms with Gasteiger partial charge in [-0.05, 0) is 43.7 Å². The average molecular weight is 398 g/mol. The number of nitrogens with zero attached hydrogens (tertiary/aromatic N) is 2. The SMILES string of the molecule is CCN1C(=O)c2ccccc2N2C(=O)CCC12C(=O)Nc1cccc(Cl)c1C. The molecule has 1 saturated heterocycles. The third-order valence-corrected chi connectivity index (χ3v) is 5.98. The molecule has 6 nitrogen and oxygen atoms in total. The summed E-state index contributed by atoms with van der Waals surface area (Å²) in [6, 6.07) is 12.2. The van der Waals surface area contributed by atoms with Gasteiger partial charge in [0, 0.05) is 30.1 Å². The van der Waals surface area contributed by atoms with Crippen molar-refractivity contribution < 1.29 is 14.4 Å². The summed E-state index contributed by atoms with van der Waals surface area (Å²) in [4.78, 5) is 42.5. The summed E-state index contributed by atoms with van der Waals surface area (Å²) in [6.07, 6.45) is 0.436. The topological polar surface area (TPSA) is 69.7 Å². The molecule has 2 aliphatic rings. The van der Waals surface area contributed by atoms with E-state index in [1.807, 2.05) is 13.8 Å². The molecule has 144 valence electrons. The molecule has 2 aliphatic heterocycles. The van der Waals surface area contributed by atoms with Crippen molar-refractivity contribution in [2.75, 3.05) is 16.8 Å². The second-order valence-electron chi connectivity index (χ2n) is 6.98. The van der Waals surface area contributed by atoms with Crippen molar-refractivity contribution >= 4 is 40.7 Å². The number of hydrogen-bond donors (Lipinski definition) is 1. The number of hydrogen-bond acceptors (Lipinski definition) is 3. The number of anilines is 2. The van der Waals surface area contributed by atoms with Crippen molar-refractivity contribution in [1.29, 1.82) is 0 Å². The second-order valence-corrected chi connectivity index (χ2v) is 7.39. The Hall–Kier alpha value is -2.86. The lowest BCUT2D eigenvalue weighted by molar-refractivity contribution is -0.128. The van der Waals surface area contributed by atoms with E-state index >= 15 is 0 Å². The fourth-order valence-corrected chi connectivity index (χ4v) is 4.35. The van der Waals surface area contributed by atoms with E-state index in [4.69, 9.17) is 11.6 Å². The lowest BCUT2D eigenvalue weighted by Gasteiger charge is -2.48. The van der Waals surface area contributed by atoms with Crippen molar-refractivity contribution in [2.45, 2.75) is 32.4 Å². The Morgan fingerprint density at radius 3 is 2.68 bits per heavy atom. The molecule has 2 aromatic carbocycles. The fourth-order valence-electron chi connectivity index (χ4n) is 4.17. The van der Waals surface area contributed by atoms with Gasteiger partial charge in [0.05, 0.1) is 11.3 Å². The molecular weight excluding hydrogens is 378 g/mol. The number of carbonyl (C=O) groups excluding carboxylic acids is 3. The number of rotatable bonds is 3. The van der Waals surface area contributed by atoms with Crippen molar-refractivity contribution in [3.8, 4) is 0 Å². The van der Waals surface area contributed by atoms with E-state index in [0.717, 1.165) is 5.56 Å². The van der Waals surface area contributed by atoms with Crippen LogP contribution in [0.5, 0.6) is 0 Å². The molecule has 1 atom stereocenters. The first-order chi connectivity index (χ1) is 13.4. The molecule has 7 heteroatoms. The molecule has 0 aliphatic carbocycles. The molecule has 2 heterocycles. The summed E-state index contributed by atoms with van der Waals surface area (Å²) in [5, 5.41) is 3.44. The van der Waals surface area contributed by atoms with E-state index in [2.05, 4.69) is 5.32 Å². The molecule has 1 unspecified atom stereocenters. The number of halogens is 1. The van der Waals surface area contributed by atoms with Crippen LogP contribution in [-0.2, 0) is 9.59 Å². The van der Waals surface area contributed by atoms with Crippen LogP contribution in [0.4, 0.5) is 11.4 Å². The molecule has 3 amide bonds. The molecule has 4 rings (SSSR count). The van der Waals surface area contributed by atoms with E-state index < -0.39 is 11.6 Å². The Labute approximate surface area is 168 Å². The van der Waals surface area contributed by atoms with Crippen molar-refractivity contribution in [1.82, 2.24) is 4.90 Å². The lowest BCUT2D eigenvalue weighted by Crippen LogP contribution is -2.69. The van der Waals surface area contributed by atoms with Crippen LogP contribution in [-0.4, -0.2) is 34.8 Å². The molecule has 1 N–H and O–H groups in total.